The number of ether oxygens (including phenoxy) is 1. The predicted octanol–water partition coefficient (Wildman–Crippen LogP) is 0.974. The summed E-state index contributed by atoms with van der Waals surface area (Å²) >= 11 is 0. The number of rotatable bonds is 5. The van der Waals surface area contributed by atoms with E-state index in [4.69, 9.17) is 4.74 Å². The molecule has 1 saturated heterocycles. The predicted molar refractivity (Wildman–Crippen MR) is 73.8 cm³/mol. The average Bonchev–Trinajstić information content (AvgIpc) is 2.39. The van der Waals surface area contributed by atoms with E-state index in [2.05, 4.69) is 15.0 Å². The van der Waals surface area contributed by atoms with Crippen LogP contribution >= 0.6 is 0 Å². The minimum absolute atomic E-state index is 0.0393. The van der Waals surface area contributed by atoms with Crippen molar-refractivity contribution in [2.75, 3.05) is 24.1 Å². The Balaban J connectivity index is 1.95. The summed E-state index contributed by atoms with van der Waals surface area (Å²) in [6.45, 7) is 0.893. The van der Waals surface area contributed by atoms with Crippen LogP contribution < -0.4 is 14.8 Å². The molecule has 0 bridgehead atoms. The Morgan fingerprint density at radius 1 is 1.47 bits per heavy atom. The fourth-order valence-corrected chi connectivity index (χ4v) is 3.49. The lowest BCUT2D eigenvalue weighted by atomic mass is 10.1. The van der Waals surface area contributed by atoms with Gasteiger partial charge in [-0.25, -0.2) is 13.4 Å². The van der Waals surface area contributed by atoms with E-state index >= 15 is 0 Å². The first kappa shape index (κ1) is 14.1. The van der Waals surface area contributed by atoms with E-state index in [0.717, 1.165) is 25.8 Å². The van der Waals surface area contributed by atoms with Gasteiger partial charge in [-0.15, -0.1) is 0 Å². The van der Waals surface area contributed by atoms with Crippen molar-refractivity contribution in [1.29, 1.82) is 0 Å². The van der Waals surface area contributed by atoms with Gasteiger partial charge in [0.2, 0.25) is 15.9 Å². The Morgan fingerprint density at radius 2 is 2.32 bits per heavy atom. The first-order valence-corrected chi connectivity index (χ1v) is 7.98. The second-order valence-electron chi connectivity index (χ2n) is 4.62. The molecule has 1 aliphatic heterocycles. The Morgan fingerprint density at radius 3 is 2.89 bits per heavy atom. The summed E-state index contributed by atoms with van der Waals surface area (Å²) in [4.78, 5) is 3.96. The molecule has 0 amide bonds. The Kier molecular flexibility index (Phi) is 4.60. The molecule has 1 atom stereocenters. The summed E-state index contributed by atoms with van der Waals surface area (Å²) in [5, 5.41) is 3.22. The van der Waals surface area contributed by atoms with E-state index in [-0.39, 0.29) is 11.8 Å². The van der Waals surface area contributed by atoms with Gasteiger partial charge in [-0.1, -0.05) is 6.42 Å². The van der Waals surface area contributed by atoms with Crippen molar-refractivity contribution in [1.82, 2.24) is 10.3 Å². The van der Waals surface area contributed by atoms with Crippen LogP contribution in [0.3, 0.4) is 0 Å². The first-order chi connectivity index (χ1) is 9.09. The standard InChI is InChI=1S/C12H19N3O3S/c1-18-12-6-5-10(8-14-12)15-19(16,17)9-11-4-2-3-7-13-11/h5-6,8,11,13,15H,2-4,7,9H2,1H3. The summed E-state index contributed by atoms with van der Waals surface area (Å²) in [6.07, 6.45) is 4.55. The average molecular weight is 285 g/mol. The summed E-state index contributed by atoms with van der Waals surface area (Å²) in [5.41, 5.74) is 0.455. The zero-order chi connectivity index (χ0) is 13.7. The van der Waals surface area contributed by atoms with E-state index in [1.54, 1.807) is 12.1 Å². The second kappa shape index (κ2) is 6.21. The zero-order valence-electron chi connectivity index (χ0n) is 10.9. The van der Waals surface area contributed by atoms with Crippen LogP contribution in [-0.4, -0.2) is 38.9 Å². The van der Waals surface area contributed by atoms with Crippen molar-refractivity contribution in [3.63, 3.8) is 0 Å². The summed E-state index contributed by atoms with van der Waals surface area (Å²) < 4.78 is 31.5. The van der Waals surface area contributed by atoms with Gasteiger partial charge >= 0.3 is 0 Å². The third kappa shape index (κ3) is 4.36. The number of anilines is 1. The second-order valence-corrected chi connectivity index (χ2v) is 6.39. The number of aromatic nitrogens is 1. The molecule has 2 rings (SSSR count). The van der Waals surface area contributed by atoms with E-state index in [9.17, 15) is 8.42 Å². The van der Waals surface area contributed by atoms with Crippen LogP contribution in [0.2, 0.25) is 0 Å². The smallest absolute Gasteiger partial charge is 0.234 e. The molecule has 0 radical (unpaired) electrons. The van der Waals surface area contributed by atoms with Gasteiger partial charge in [0.05, 0.1) is 24.7 Å². The lowest BCUT2D eigenvalue weighted by molar-refractivity contribution is 0.398. The number of nitrogens with one attached hydrogen (secondary N) is 2. The zero-order valence-corrected chi connectivity index (χ0v) is 11.7. The Hall–Kier alpha value is -1.34. The lowest BCUT2D eigenvalue weighted by Gasteiger charge is -2.23. The molecule has 7 heteroatoms. The molecule has 19 heavy (non-hydrogen) atoms. The van der Waals surface area contributed by atoms with Gasteiger partial charge in [-0.3, -0.25) is 4.72 Å². The fourth-order valence-electron chi connectivity index (χ4n) is 2.11. The Bertz CT molecular complexity index is 495. The number of nitrogens with zero attached hydrogens (tertiary/aromatic N) is 1. The molecule has 1 aromatic rings. The molecule has 1 unspecified atom stereocenters. The highest BCUT2D eigenvalue weighted by Crippen LogP contribution is 2.14. The number of piperidine rings is 1. The molecule has 6 nitrogen and oxygen atoms in total. The highest BCUT2D eigenvalue weighted by atomic mass is 32.2. The summed E-state index contributed by atoms with van der Waals surface area (Å²) in [5.74, 6) is 0.552. The van der Waals surface area contributed by atoms with E-state index in [1.165, 1.54) is 13.3 Å². The van der Waals surface area contributed by atoms with Gasteiger partial charge in [0.25, 0.3) is 0 Å². The molecule has 2 N–H and O–H groups in total. The summed E-state index contributed by atoms with van der Waals surface area (Å²) in [7, 11) is -1.83. The molecule has 0 saturated carbocycles. The van der Waals surface area contributed by atoms with Gasteiger partial charge < -0.3 is 10.1 Å². The molecule has 1 fully saturated rings. The third-order valence-electron chi connectivity index (χ3n) is 3.05. The van der Waals surface area contributed by atoms with Crippen LogP contribution in [-0.2, 0) is 10.0 Å². The maximum atomic E-state index is 12.0. The number of sulfonamides is 1. The van der Waals surface area contributed by atoms with Gasteiger partial charge in [0.1, 0.15) is 0 Å². The quantitative estimate of drug-likeness (QED) is 0.843. The number of hydrogen-bond acceptors (Lipinski definition) is 5. The van der Waals surface area contributed by atoms with Gasteiger partial charge in [0.15, 0.2) is 0 Å². The van der Waals surface area contributed by atoms with E-state index in [1.807, 2.05) is 0 Å². The molecule has 1 aliphatic rings. The number of methoxy groups -OCH3 is 1. The minimum Gasteiger partial charge on any atom is -0.481 e. The van der Waals surface area contributed by atoms with Crippen molar-refractivity contribution < 1.29 is 13.2 Å². The van der Waals surface area contributed by atoms with Crippen LogP contribution in [0.5, 0.6) is 5.88 Å². The monoisotopic (exact) mass is 285 g/mol. The Labute approximate surface area is 113 Å². The molecular weight excluding hydrogens is 266 g/mol. The van der Waals surface area contributed by atoms with Crippen molar-refractivity contribution in [2.24, 2.45) is 0 Å². The molecule has 1 aromatic heterocycles. The molecule has 0 spiro atoms. The highest BCUT2D eigenvalue weighted by Gasteiger charge is 2.20. The van der Waals surface area contributed by atoms with Crippen LogP contribution in [0.15, 0.2) is 18.3 Å². The lowest BCUT2D eigenvalue weighted by Crippen LogP contribution is -2.40. The van der Waals surface area contributed by atoms with Crippen molar-refractivity contribution in [2.45, 2.75) is 25.3 Å². The first-order valence-electron chi connectivity index (χ1n) is 6.33. The van der Waals surface area contributed by atoms with Crippen molar-refractivity contribution >= 4 is 15.7 Å². The normalized spacial score (nSPS) is 19.9. The maximum Gasteiger partial charge on any atom is 0.234 e. The largest absolute Gasteiger partial charge is 0.481 e. The van der Waals surface area contributed by atoms with Crippen molar-refractivity contribution in [3.05, 3.63) is 18.3 Å². The summed E-state index contributed by atoms with van der Waals surface area (Å²) in [6, 6.07) is 3.30. The van der Waals surface area contributed by atoms with E-state index < -0.39 is 10.0 Å². The SMILES string of the molecule is COc1ccc(NS(=O)(=O)CC2CCCCN2)cn1. The molecular formula is C12H19N3O3S. The van der Waals surface area contributed by atoms with Gasteiger partial charge in [-0.05, 0) is 25.5 Å². The van der Waals surface area contributed by atoms with Gasteiger partial charge in [0, 0.05) is 12.1 Å². The van der Waals surface area contributed by atoms with Crippen LogP contribution in [0, 0.1) is 0 Å². The number of pyridine rings is 1. The minimum atomic E-state index is -3.35. The van der Waals surface area contributed by atoms with Gasteiger partial charge in [-0.2, -0.15) is 0 Å². The molecule has 2 heterocycles. The van der Waals surface area contributed by atoms with Crippen LogP contribution in [0.1, 0.15) is 19.3 Å². The topological polar surface area (TPSA) is 80.3 Å². The maximum absolute atomic E-state index is 12.0. The van der Waals surface area contributed by atoms with Crippen LogP contribution in [0.25, 0.3) is 0 Å². The fraction of sp³-hybridized carbons (Fsp3) is 0.583. The number of hydrogen-bond donors (Lipinski definition) is 2. The van der Waals surface area contributed by atoms with Crippen LogP contribution in [0.4, 0.5) is 5.69 Å². The third-order valence-corrected chi connectivity index (χ3v) is 4.44. The van der Waals surface area contributed by atoms with Crippen molar-refractivity contribution in [3.8, 4) is 5.88 Å². The highest BCUT2D eigenvalue weighted by molar-refractivity contribution is 7.92. The molecule has 106 valence electrons. The molecule has 0 aliphatic carbocycles. The molecule has 0 aromatic carbocycles. The van der Waals surface area contributed by atoms with E-state index in [0.29, 0.717) is 11.6 Å².